The number of anilines is 1. The number of nitro groups is 1. The SMILES string of the molecule is CC1CCC(Nc2ccc([N+](=O)[O-])c(F)c2)CC1C. The normalized spacial score (nSPS) is 27.0. The summed E-state index contributed by atoms with van der Waals surface area (Å²) in [4.78, 5) is 9.84. The lowest BCUT2D eigenvalue weighted by Crippen LogP contribution is -2.30. The lowest BCUT2D eigenvalue weighted by Gasteiger charge is -2.33. The molecule has 0 heterocycles. The van der Waals surface area contributed by atoms with Crippen molar-refractivity contribution < 1.29 is 9.31 Å². The van der Waals surface area contributed by atoms with Gasteiger partial charge in [0.2, 0.25) is 5.82 Å². The molecule has 0 aliphatic heterocycles. The third kappa shape index (κ3) is 3.22. The van der Waals surface area contributed by atoms with E-state index in [-0.39, 0.29) is 0 Å². The summed E-state index contributed by atoms with van der Waals surface area (Å²) in [6.45, 7) is 4.49. The summed E-state index contributed by atoms with van der Waals surface area (Å²) in [7, 11) is 0. The van der Waals surface area contributed by atoms with E-state index in [1.165, 1.54) is 12.1 Å². The Balaban J connectivity index is 2.04. The minimum Gasteiger partial charge on any atom is -0.382 e. The Bertz CT molecular complexity index is 479. The van der Waals surface area contributed by atoms with E-state index < -0.39 is 16.4 Å². The van der Waals surface area contributed by atoms with E-state index in [0.29, 0.717) is 17.6 Å². The third-order valence-electron chi connectivity index (χ3n) is 4.11. The van der Waals surface area contributed by atoms with Crippen LogP contribution < -0.4 is 5.32 Å². The van der Waals surface area contributed by atoms with Crippen LogP contribution in [0, 0.1) is 27.8 Å². The smallest absolute Gasteiger partial charge is 0.304 e. The van der Waals surface area contributed by atoms with Crippen LogP contribution in [0.2, 0.25) is 0 Å². The molecular formula is C14H19FN2O2. The van der Waals surface area contributed by atoms with Gasteiger partial charge >= 0.3 is 5.69 Å². The van der Waals surface area contributed by atoms with E-state index in [0.717, 1.165) is 25.2 Å². The van der Waals surface area contributed by atoms with Gasteiger partial charge in [-0.05, 0) is 37.2 Å². The van der Waals surface area contributed by atoms with E-state index in [2.05, 4.69) is 19.2 Å². The van der Waals surface area contributed by atoms with Crippen LogP contribution in [0.3, 0.4) is 0 Å². The van der Waals surface area contributed by atoms with Gasteiger partial charge in [0.15, 0.2) is 0 Å². The molecule has 2 rings (SSSR count). The summed E-state index contributed by atoms with van der Waals surface area (Å²) in [5, 5.41) is 13.8. The molecule has 4 nitrogen and oxygen atoms in total. The highest BCUT2D eigenvalue weighted by molar-refractivity contribution is 5.50. The van der Waals surface area contributed by atoms with Crippen molar-refractivity contribution in [3.05, 3.63) is 34.1 Å². The van der Waals surface area contributed by atoms with Gasteiger partial charge in [0.1, 0.15) is 0 Å². The fourth-order valence-electron chi connectivity index (χ4n) is 2.66. The van der Waals surface area contributed by atoms with E-state index in [9.17, 15) is 14.5 Å². The average molecular weight is 266 g/mol. The first-order chi connectivity index (χ1) is 8.97. The Morgan fingerprint density at radius 2 is 2.05 bits per heavy atom. The van der Waals surface area contributed by atoms with Crippen molar-refractivity contribution in [3.63, 3.8) is 0 Å². The second-order valence-corrected chi connectivity index (χ2v) is 5.53. The van der Waals surface area contributed by atoms with Crippen LogP contribution in [0.1, 0.15) is 33.1 Å². The van der Waals surface area contributed by atoms with Crippen molar-refractivity contribution in [2.75, 3.05) is 5.32 Å². The van der Waals surface area contributed by atoms with Crippen molar-refractivity contribution >= 4 is 11.4 Å². The Kier molecular flexibility index (Phi) is 4.02. The van der Waals surface area contributed by atoms with Gasteiger partial charge in [0.05, 0.1) is 4.92 Å². The van der Waals surface area contributed by atoms with E-state index in [4.69, 9.17) is 0 Å². The van der Waals surface area contributed by atoms with Gasteiger partial charge in [-0.25, -0.2) is 0 Å². The molecule has 0 aromatic heterocycles. The van der Waals surface area contributed by atoms with E-state index >= 15 is 0 Å². The molecule has 1 N–H and O–H groups in total. The number of nitrogens with zero attached hydrogens (tertiary/aromatic N) is 1. The second kappa shape index (κ2) is 5.55. The molecule has 104 valence electrons. The molecule has 0 amide bonds. The fraction of sp³-hybridized carbons (Fsp3) is 0.571. The lowest BCUT2D eigenvalue weighted by molar-refractivity contribution is -0.387. The van der Waals surface area contributed by atoms with E-state index in [1.807, 2.05) is 0 Å². The van der Waals surface area contributed by atoms with Crippen molar-refractivity contribution in [1.82, 2.24) is 0 Å². The summed E-state index contributed by atoms with van der Waals surface area (Å²) in [6.07, 6.45) is 3.28. The van der Waals surface area contributed by atoms with Gasteiger partial charge in [-0.2, -0.15) is 4.39 Å². The Hall–Kier alpha value is -1.65. The zero-order valence-electron chi connectivity index (χ0n) is 11.2. The predicted octanol–water partition coefficient (Wildman–Crippen LogP) is 3.97. The van der Waals surface area contributed by atoms with Gasteiger partial charge in [-0.15, -0.1) is 0 Å². The molecule has 1 aromatic carbocycles. The van der Waals surface area contributed by atoms with Crippen molar-refractivity contribution in [3.8, 4) is 0 Å². The summed E-state index contributed by atoms with van der Waals surface area (Å²) in [6, 6.07) is 4.32. The zero-order chi connectivity index (χ0) is 14.0. The van der Waals surface area contributed by atoms with Crippen LogP contribution in [-0.2, 0) is 0 Å². The molecule has 1 aliphatic rings. The van der Waals surface area contributed by atoms with Crippen LogP contribution in [0.5, 0.6) is 0 Å². The van der Waals surface area contributed by atoms with Crippen LogP contribution in [0.15, 0.2) is 18.2 Å². The molecule has 1 saturated carbocycles. The maximum Gasteiger partial charge on any atom is 0.304 e. The number of nitrogens with one attached hydrogen (secondary N) is 1. The second-order valence-electron chi connectivity index (χ2n) is 5.53. The van der Waals surface area contributed by atoms with Gasteiger partial charge in [-0.3, -0.25) is 10.1 Å². The third-order valence-corrected chi connectivity index (χ3v) is 4.11. The molecule has 0 saturated heterocycles. The highest BCUT2D eigenvalue weighted by Gasteiger charge is 2.24. The number of halogens is 1. The van der Waals surface area contributed by atoms with Gasteiger partial charge in [-0.1, -0.05) is 13.8 Å². The molecule has 3 atom stereocenters. The molecule has 0 spiro atoms. The molecule has 1 fully saturated rings. The van der Waals surface area contributed by atoms with Gasteiger partial charge < -0.3 is 5.32 Å². The number of hydrogen-bond acceptors (Lipinski definition) is 3. The van der Waals surface area contributed by atoms with Crippen molar-refractivity contribution in [1.29, 1.82) is 0 Å². The average Bonchev–Trinajstić information content (AvgIpc) is 2.33. The highest BCUT2D eigenvalue weighted by atomic mass is 19.1. The highest BCUT2D eigenvalue weighted by Crippen LogP contribution is 2.31. The zero-order valence-corrected chi connectivity index (χ0v) is 11.2. The first-order valence-corrected chi connectivity index (χ1v) is 6.68. The quantitative estimate of drug-likeness (QED) is 0.665. The van der Waals surface area contributed by atoms with Crippen LogP contribution in [0.25, 0.3) is 0 Å². The number of rotatable bonds is 3. The number of benzene rings is 1. The summed E-state index contributed by atoms with van der Waals surface area (Å²) in [5.74, 6) is 0.591. The van der Waals surface area contributed by atoms with Crippen molar-refractivity contribution in [2.45, 2.75) is 39.2 Å². The molecule has 1 aromatic rings. The van der Waals surface area contributed by atoms with Gasteiger partial charge in [0.25, 0.3) is 0 Å². The van der Waals surface area contributed by atoms with Crippen LogP contribution in [0.4, 0.5) is 15.8 Å². The summed E-state index contributed by atoms with van der Waals surface area (Å²) < 4.78 is 13.5. The van der Waals surface area contributed by atoms with Gasteiger partial charge in [0, 0.05) is 23.9 Å². The molecule has 1 aliphatic carbocycles. The summed E-state index contributed by atoms with van der Waals surface area (Å²) >= 11 is 0. The topological polar surface area (TPSA) is 55.2 Å². The first kappa shape index (κ1) is 13.8. The maximum absolute atomic E-state index is 13.5. The molecule has 5 heteroatoms. The molecule has 0 radical (unpaired) electrons. The Morgan fingerprint density at radius 3 is 2.63 bits per heavy atom. The monoisotopic (exact) mass is 266 g/mol. The standard InChI is InChI=1S/C14H19FN2O2/c1-9-3-4-11(7-10(9)2)16-12-5-6-14(17(18)19)13(15)8-12/h5-6,8-11,16H,3-4,7H2,1-2H3. The number of nitro benzene ring substituents is 1. The summed E-state index contributed by atoms with van der Waals surface area (Å²) in [5.41, 5.74) is 0.144. The first-order valence-electron chi connectivity index (χ1n) is 6.68. The number of hydrogen-bond donors (Lipinski definition) is 1. The fourth-order valence-corrected chi connectivity index (χ4v) is 2.66. The van der Waals surface area contributed by atoms with Crippen LogP contribution >= 0.6 is 0 Å². The lowest BCUT2D eigenvalue weighted by atomic mass is 9.79. The molecular weight excluding hydrogens is 247 g/mol. The Labute approximate surface area is 112 Å². The molecule has 19 heavy (non-hydrogen) atoms. The predicted molar refractivity (Wildman–Crippen MR) is 72.6 cm³/mol. The minimum absolute atomic E-state index is 0.326. The minimum atomic E-state index is -0.785. The molecule has 3 unspecified atom stereocenters. The molecule has 0 bridgehead atoms. The maximum atomic E-state index is 13.5. The van der Waals surface area contributed by atoms with E-state index in [1.54, 1.807) is 6.07 Å². The Morgan fingerprint density at radius 1 is 1.32 bits per heavy atom. The largest absolute Gasteiger partial charge is 0.382 e. The van der Waals surface area contributed by atoms with Crippen molar-refractivity contribution in [2.24, 2.45) is 11.8 Å². The van der Waals surface area contributed by atoms with Crippen LogP contribution in [-0.4, -0.2) is 11.0 Å².